The number of hydrogen-bond acceptors (Lipinski definition) is 4. The van der Waals surface area contributed by atoms with Gasteiger partial charge in [-0.15, -0.1) is 0 Å². The summed E-state index contributed by atoms with van der Waals surface area (Å²) in [6, 6.07) is 9.17. The molecule has 0 aromatic heterocycles. The van der Waals surface area contributed by atoms with Crippen LogP contribution in [-0.4, -0.2) is 48.7 Å². The number of benzene rings is 1. The van der Waals surface area contributed by atoms with Gasteiger partial charge in [0.2, 0.25) is 5.67 Å². The molecule has 1 heterocycles. The van der Waals surface area contributed by atoms with Gasteiger partial charge in [-0.1, -0.05) is 30.3 Å². The Labute approximate surface area is 128 Å². The largest absolute Gasteiger partial charge is 0.460 e. The summed E-state index contributed by atoms with van der Waals surface area (Å²) in [4.78, 5) is 25.5. The van der Waals surface area contributed by atoms with Crippen molar-refractivity contribution in [2.45, 2.75) is 18.7 Å². The predicted octanol–water partition coefficient (Wildman–Crippen LogP) is 1.32. The van der Waals surface area contributed by atoms with E-state index in [9.17, 15) is 14.0 Å². The highest BCUT2D eigenvalue weighted by molar-refractivity contribution is 5.96. The summed E-state index contributed by atoms with van der Waals surface area (Å²) in [5, 5.41) is 0. The maximum Gasteiger partial charge on any atom is 0.313 e. The second-order valence-electron chi connectivity index (χ2n) is 5.62. The van der Waals surface area contributed by atoms with Gasteiger partial charge in [0.1, 0.15) is 12.5 Å². The maximum absolute atomic E-state index is 14.6. The van der Waals surface area contributed by atoms with Crippen molar-refractivity contribution >= 4 is 11.9 Å². The van der Waals surface area contributed by atoms with Crippen molar-refractivity contribution in [2.24, 2.45) is 5.92 Å². The van der Waals surface area contributed by atoms with Crippen molar-refractivity contribution in [2.75, 3.05) is 26.3 Å². The molecule has 0 N–H and O–H groups in total. The van der Waals surface area contributed by atoms with Crippen molar-refractivity contribution < 1.29 is 23.5 Å². The van der Waals surface area contributed by atoms with Gasteiger partial charge < -0.3 is 14.4 Å². The first kappa shape index (κ1) is 15.0. The fourth-order valence-electron chi connectivity index (χ4n) is 2.60. The number of nitrogens with zero attached hydrogens (tertiary/aromatic N) is 1. The lowest BCUT2D eigenvalue weighted by atomic mass is 10.2. The topological polar surface area (TPSA) is 55.8 Å². The number of halogens is 1. The number of amides is 1. The minimum Gasteiger partial charge on any atom is -0.460 e. The predicted molar refractivity (Wildman–Crippen MR) is 75.6 cm³/mol. The summed E-state index contributed by atoms with van der Waals surface area (Å²) in [5.41, 5.74) is -1.26. The third-order valence-electron chi connectivity index (χ3n) is 4.06. The molecule has 1 amide bonds. The van der Waals surface area contributed by atoms with Crippen LogP contribution in [0.2, 0.25) is 0 Å². The number of hydrogen-bond donors (Lipinski definition) is 0. The number of esters is 1. The van der Waals surface area contributed by atoms with Crippen LogP contribution in [0.3, 0.4) is 0 Å². The molecule has 0 radical (unpaired) electrons. The summed E-state index contributed by atoms with van der Waals surface area (Å²) in [7, 11) is 0. The Balaban J connectivity index is 1.53. The van der Waals surface area contributed by atoms with E-state index in [0.717, 1.165) is 5.56 Å². The van der Waals surface area contributed by atoms with Crippen LogP contribution in [-0.2, 0) is 25.7 Å². The molecule has 2 fully saturated rings. The zero-order valence-electron chi connectivity index (χ0n) is 12.2. The van der Waals surface area contributed by atoms with Crippen LogP contribution in [0.1, 0.15) is 12.0 Å². The molecule has 1 saturated heterocycles. The highest BCUT2D eigenvalue weighted by Crippen LogP contribution is 2.49. The maximum atomic E-state index is 14.6. The van der Waals surface area contributed by atoms with Crippen molar-refractivity contribution in [3.8, 4) is 0 Å². The lowest BCUT2D eigenvalue weighted by molar-refractivity contribution is -0.152. The zero-order valence-corrected chi connectivity index (χ0v) is 12.2. The third kappa shape index (κ3) is 2.97. The standard InChI is InChI=1S/C16H18FNO4/c17-16(15(20)18-6-8-21-9-7-18)10-13(16)14(19)22-11-12-4-2-1-3-5-12/h1-5,13H,6-11H2/t13-,16+/m0/s1. The van der Waals surface area contributed by atoms with Crippen molar-refractivity contribution in [1.82, 2.24) is 4.90 Å². The smallest absolute Gasteiger partial charge is 0.313 e. The summed E-state index contributed by atoms with van der Waals surface area (Å²) < 4.78 is 24.8. The van der Waals surface area contributed by atoms with Crippen molar-refractivity contribution in [3.05, 3.63) is 35.9 Å². The van der Waals surface area contributed by atoms with Gasteiger partial charge in [-0.2, -0.15) is 0 Å². The van der Waals surface area contributed by atoms with Gasteiger partial charge in [-0.25, -0.2) is 4.39 Å². The summed E-state index contributed by atoms with van der Waals surface area (Å²) in [6.45, 7) is 1.65. The molecule has 2 aliphatic rings. The molecule has 22 heavy (non-hydrogen) atoms. The van der Waals surface area contributed by atoms with E-state index in [1.807, 2.05) is 30.3 Å². The Morgan fingerprint density at radius 1 is 1.27 bits per heavy atom. The molecule has 1 aromatic rings. The third-order valence-corrected chi connectivity index (χ3v) is 4.06. The van der Waals surface area contributed by atoms with Crippen molar-refractivity contribution in [3.63, 3.8) is 0 Å². The monoisotopic (exact) mass is 307 g/mol. The Hall–Kier alpha value is -1.95. The number of rotatable bonds is 4. The van der Waals surface area contributed by atoms with Crippen LogP contribution in [0.25, 0.3) is 0 Å². The quantitative estimate of drug-likeness (QED) is 0.787. The molecule has 118 valence electrons. The summed E-state index contributed by atoms with van der Waals surface area (Å²) >= 11 is 0. The van der Waals surface area contributed by atoms with E-state index in [1.165, 1.54) is 4.90 Å². The van der Waals surface area contributed by atoms with E-state index in [0.29, 0.717) is 26.3 Å². The number of ether oxygens (including phenoxy) is 2. The molecule has 1 aliphatic carbocycles. The Bertz CT molecular complexity index is 559. The second kappa shape index (κ2) is 6.04. The van der Waals surface area contributed by atoms with Crippen LogP contribution in [0.4, 0.5) is 4.39 Å². The van der Waals surface area contributed by atoms with E-state index in [-0.39, 0.29) is 13.0 Å². The Kier molecular flexibility index (Phi) is 4.11. The first-order valence-corrected chi connectivity index (χ1v) is 7.38. The Morgan fingerprint density at radius 2 is 1.95 bits per heavy atom. The fourth-order valence-corrected chi connectivity index (χ4v) is 2.60. The van der Waals surface area contributed by atoms with Gasteiger partial charge in [-0.05, 0) is 5.56 Å². The second-order valence-corrected chi connectivity index (χ2v) is 5.62. The lowest BCUT2D eigenvalue weighted by Crippen LogP contribution is -2.46. The number of alkyl halides is 1. The fraction of sp³-hybridized carbons (Fsp3) is 0.500. The highest BCUT2D eigenvalue weighted by atomic mass is 19.1. The van der Waals surface area contributed by atoms with Crippen LogP contribution >= 0.6 is 0 Å². The minimum atomic E-state index is -2.09. The van der Waals surface area contributed by atoms with Gasteiger partial charge in [-0.3, -0.25) is 9.59 Å². The average molecular weight is 307 g/mol. The normalized spacial score (nSPS) is 27.3. The molecule has 1 saturated carbocycles. The first-order valence-electron chi connectivity index (χ1n) is 7.38. The summed E-state index contributed by atoms with van der Waals surface area (Å²) in [6.07, 6.45) is -0.0865. The molecule has 3 rings (SSSR count). The average Bonchev–Trinajstić information content (AvgIpc) is 3.27. The highest BCUT2D eigenvalue weighted by Gasteiger charge is 2.67. The molecule has 6 heteroatoms. The molecule has 1 aliphatic heterocycles. The van der Waals surface area contributed by atoms with Crippen LogP contribution in [0.15, 0.2) is 30.3 Å². The number of carbonyl (C=O) groups is 2. The van der Waals surface area contributed by atoms with Gasteiger partial charge in [0.25, 0.3) is 5.91 Å². The van der Waals surface area contributed by atoms with Crippen molar-refractivity contribution in [1.29, 1.82) is 0 Å². The van der Waals surface area contributed by atoms with Crippen LogP contribution in [0, 0.1) is 5.92 Å². The first-order chi connectivity index (χ1) is 10.6. The Morgan fingerprint density at radius 3 is 2.64 bits per heavy atom. The van der Waals surface area contributed by atoms with Gasteiger partial charge >= 0.3 is 5.97 Å². The van der Waals surface area contributed by atoms with Crippen LogP contribution in [0.5, 0.6) is 0 Å². The van der Waals surface area contributed by atoms with Gasteiger partial charge in [0, 0.05) is 19.5 Å². The molecule has 0 spiro atoms. The van der Waals surface area contributed by atoms with Crippen LogP contribution < -0.4 is 0 Å². The van der Waals surface area contributed by atoms with E-state index >= 15 is 0 Å². The molecule has 1 aromatic carbocycles. The molecule has 0 unspecified atom stereocenters. The lowest BCUT2D eigenvalue weighted by Gasteiger charge is -2.28. The molecular formula is C16H18FNO4. The number of carbonyl (C=O) groups excluding carboxylic acids is 2. The van der Waals surface area contributed by atoms with Gasteiger partial charge in [0.15, 0.2) is 0 Å². The molecular weight excluding hydrogens is 289 g/mol. The number of morpholine rings is 1. The van der Waals surface area contributed by atoms with E-state index in [2.05, 4.69) is 0 Å². The minimum absolute atomic E-state index is 0.0865. The molecule has 5 nitrogen and oxygen atoms in total. The zero-order chi connectivity index (χ0) is 15.6. The molecule has 0 bridgehead atoms. The van der Waals surface area contributed by atoms with E-state index in [1.54, 1.807) is 0 Å². The summed E-state index contributed by atoms with van der Waals surface area (Å²) in [5.74, 6) is -2.24. The van der Waals surface area contributed by atoms with E-state index in [4.69, 9.17) is 9.47 Å². The van der Waals surface area contributed by atoms with E-state index < -0.39 is 23.5 Å². The molecule has 2 atom stereocenters. The SMILES string of the molecule is O=C(OCc1ccccc1)[C@@H]1C[C@]1(F)C(=O)N1CCOCC1. The van der Waals surface area contributed by atoms with Gasteiger partial charge in [0.05, 0.1) is 13.2 Å².